The van der Waals surface area contributed by atoms with Gasteiger partial charge in [0.15, 0.2) is 0 Å². The third-order valence-corrected chi connectivity index (χ3v) is 7.31. The second-order valence-electron chi connectivity index (χ2n) is 7.48. The molecule has 1 saturated heterocycles. The van der Waals surface area contributed by atoms with Crippen LogP contribution in [-0.4, -0.2) is 36.0 Å². The van der Waals surface area contributed by atoms with Crippen molar-refractivity contribution < 1.29 is 21.7 Å². The van der Waals surface area contributed by atoms with Crippen LogP contribution in [-0.2, 0) is 16.4 Å². The molecule has 0 bridgehead atoms. The Hall–Kier alpha value is -2.65. The van der Waals surface area contributed by atoms with Gasteiger partial charge in [0.05, 0.1) is 10.5 Å². The van der Waals surface area contributed by atoms with Crippen LogP contribution in [0.3, 0.4) is 0 Å². The Morgan fingerprint density at radius 1 is 1.20 bits per heavy atom. The SMILES string of the molecule is Cc1cc(F)ccc1S(=O)(=O)N1CCCC(Cc2nc(-c3ccccc3F)no2)C1. The van der Waals surface area contributed by atoms with Gasteiger partial charge in [-0.3, -0.25) is 0 Å². The van der Waals surface area contributed by atoms with Crippen LogP contribution < -0.4 is 0 Å². The number of rotatable bonds is 5. The Morgan fingerprint density at radius 3 is 2.77 bits per heavy atom. The predicted molar refractivity (Wildman–Crippen MR) is 106 cm³/mol. The molecule has 0 radical (unpaired) electrons. The third-order valence-electron chi connectivity index (χ3n) is 5.28. The summed E-state index contributed by atoms with van der Waals surface area (Å²) in [6.07, 6.45) is 1.90. The van der Waals surface area contributed by atoms with Crippen LogP contribution in [0.25, 0.3) is 11.4 Å². The number of piperidine rings is 1. The number of nitrogens with zero attached hydrogens (tertiary/aromatic N) is 3. The molecule has 2 aromatic carbocycles. The molecule has 1 unspecified atom stereocenters. The summed E-state index contributed by atoms with van der Waals surface area (Å²) in [6.45, 7) is 2.29. The molecule has 1 atom stereocenters. The summed E-state index contributed by atoms with van der Waals surface area (Å²) in [5, 5.41) is 3.85. The lowest BCUT2D eigenvalue weighted by molar-refractivity contribution is 0.247. The highest BCUT2D eigenvalue weighted by Gasteiger charge is 2.32. The second-order valence-corrected chi connectivity index (χ2v) is 9.38. The first-order valence-electron chi connectivity index (χ1n) is 9.68. The van der Waals surface area contributed by atoms with E-state index >= 15 is 0 Å². The average Bonchev–Trinajstić information content (AvgIpc) is 3.16. The molecule has 0 saturated carbocycles. The number of hydrogen-bond donors (Lipinski definition) is 0. The summed E-state index contributed by atoms with van der Waals surface area (Å²) < 4.78 is 60.1. The smallest absolute Gasteiger partial charge is 0.243 e. The molecule has 6 nitrogen and oxygen atoms in total. The van der Waals surface area contributed by atoms with Crippen LogP contribution >= 0.6 is 0 Å². The van der Waals surface area contributed by atoms with E-state index in [2.05, 4.69) is 10.1 Å². The van der Waals surface area contributed by atoms with Crippen LogP contribution in [0.15, 0.2) is 51.9 Å². The molecule has 0 spiro atoms. The first-order valence-corrected chi connectivity index (χ1v) is 11.1. The Bertz CT molecular complexity index is 1160. The molecular weight excluding hydrogens is 412 g/mol. The zero-order chi connectivity index (χ0) is 21.3. The zero-order valence-corrected chi connectivity index (χ0v) is 17.2. The third kappa shape index (κ3) is 4.13. The largest absolute Gasteiger partial charge is 0.339 e. The van der Waals surface area contributed by atoms with Crippen molar-refractivity contribution in [1.29, 1.82) is 0 Å². The van der Waals surface area contributed by atoms with Crippen molar-refractivity contribution in [3.63, 3.8) is 0 Å². The van der Waals surface area contributed by atoms with Gasteiger partial charge in [-0.25, -0.2) is 17.2 Å². The van der Waals surface area contributed by atoms with E-state index in [0.29, 0.717) is 37.4 Å². The van der Waals surface area contributed by atoms with Gasteiger partial charge in [0.25, 0.3) is 0 Å². The normalized spacial score (nSPS) is 17.9. The molecule has 0 N–H and O–H groups in total. The Morgan fingerprint density at radius 2 is 2.00 bits per heavy atom. The van der Waals surface area contributed by atoms with Gasteiger partial charge in [-0.05, 0) is 61.6 Å². The number of aryl methyl sites for hydroxylation is 1. The van der Waals surface area contributed by atoms with Gasteiger partial charge in [-0.2, -0.15) is 9.29 Å². The van der Waals surface area contributed by atoms with Crippen LogP contribution in [0.2, 0.25) is 0 Å². The van der Waals surface area contributed by atoms with Gasteiger partial charge in [0.1, 0.15) is 11.6 Å². The maximum atomic E-state index is 13.9. The standard InChI is InChI=1S/C21H21F2N3O3S/c1-14-11-16(22)8-9-19(14)30(27,28)26-10-4-5-15(13-26)12-20-24-21(25-29-20)17-6-2-3-7-18(17)23/h2-3,6-9,11,15H,4-5,10,12-13H2,1H3. The molecule has 1 aliphatic rings. The molecule has 4 rings (SSSR count). The summed E-state index contributed by atoms with van der Waals surface area (Å²) >= 11 is 0. The number of sulfonamides is 1. The van der Waals surface area contributed by atoms with Crippen molar-refractivity contribution >= 4 is 10.0 Å². The van der Waals surface area contributed by atoms with Gasteiger partial charge in [0.2, 0.25) is 21.7 Å². The van der Waals surface area contributed by atoms with Crippen LogP contribution in [0.5, 0.6) is 0 Å². The number of hydrogen-bond acceptors (Lipinski definition) is 5. The molecule has 158 valence electrons. The van der Waals surface area contributed by atoms with E-state index in [1.165, 1.54) is 22.5 Å². The lowest BCUT2D eigenvalue weighted by atomic mass is 9.96. The average molecular weight is 433 g/mol. The van der Waals surface area contributed by atoms with E-state index in [0.717, 1.165) is 12.5 Å². The minimum Gasteiger partial charge on any atom is -0.339 e. The fraction of sp³-hybridized carbons (Fsp3) is 0.333. The zero-order valence-electron chi connectivity index (χ0n) is 16.4. The summed E-state index contributed by atoms with van der Waals surface area (Å²) in [7, 11) is -3.73. The van der Waals surface area contributed by atoms with Gasteiger partial charge in [-0.1, -0.05) is 17.3 Å². The lowest BCUT2D eigenvalue weighted by Crippen LogP contribution is -2.40. The Labute approximate surface area is 173 Å². The number of benzene rings is 2. The summed E-state index contributed by atoms with van der Waals surface area (Å²) in [5.41, 5.74) is 0.635. The van der Waals surface area contributed by atoms with Crippen molar-refractivity contribution in [1.82, 2.24) is 14.4 Å². The molecule has 9 heteroatoms. The van der Waals surface area contributed by atoms with E-state index in [1.807, 2.05) is 0 Å². The molecule has 0 amide bonds. The van der Waals surface area contributed by atoms with Crippen LogP contribution in [0.4, 0.5) is 8.78 Å². The Balaban J connectivity index is 1.49. The highest BCUT2D eigenvalue weighted by molar-refractivity contribution is 7.89. The fourth-order valence-electron chi connectivity index (χ4n) is 3.79. The van der Waals surface area contributed by atoms with Crippen molar-refractivity contribution in [3.05, 3.63) is 65.6 Å². The van der Waals surface area contributed by atoms with Crippen molar-refractivity contribution in [2.45, 2.75) is 31.1 Å². The fourth-order valence-corrected chi connectivity index (χ4v) is 5.55. The molecule has 1 aromatic heterocycles. The summed E-state index contributed by atoms with van der Waals surface area (Å²) in [4.78, 5) is 4.39. The highest BCUT2D eigenvalue weighted by Crippen LogP contribution is 2.28. The predicted octanol–water partition coefficient (Wildman–Crippen LogP) is 3.97. The maximum Gasteiger partial charge on any atom is 0.243 e. The summed E-state index contributed by atoms with van der Waals surface area (Å²) in [6, 6.07) is 9.86. The molecular formula is C21H21F2N3O3S. The minimum absolute atomic E-state index is 0.0109. The van der Waals surface area contributed by atoms with Crippen LogP contribution in [0.1, 0.15) is 24.3 Å². The number of halogens is 2. The van der Waals surface area contributed by atoms with E-state index in [-0.39, 0.29) is 22.2 Å². The highest BCUT2D eigenvalue weighted by atomic mass is 32.2. The molecule has 1 aliphatic heterocycles. The summed E-state index contributed by atoms with van der Waals surface area (Å²) in [5.74, 6) is -0.400. The second kappa shape index (κ2) is 8.23. The number of aromatic nitrogens is 2. The topological polar surface area (TPSA) is 76.3 Å². The van der Waals surface area contributed by atoms with E-state index < -0.39 is 21.7 Å². The monoisotopic (exact) mass is 433 g/mol. The van der Waals surface area contributed by atoms with Crippen LogP contribution in [0, 0.1) is 24.5 Å². The van der Waals surface area contributed by atoms with Crippen molar-refractivity contribution in [2.24, 2.45) is 5.92 Å². The van der Waals surface area contributed by atoms with Crippen molar-refractivity contribution in [2.75, 3.05) is 13.1 Å². The molecule has 30 heavy (non-hydrogen) atoms. The first-order chi connectivity index (χ1) is 14.3. The minimum atomic E-state index is -3.73. The molecule has 1 fully saturated rings. The molecule has 3 aromatic rings. The lowest BCUT2D eigenvalue weighted by Gasteiger charge is -2.31. The van der Waals surface area contributed by atoms with Crippen molar-refractivity contribution in [3.8, 4) is 11.4 Å². The van der Waals surface area contributed by atoms with Gasteiger partial charge in [-0.15, -0.1) is 0 Å². The van der Waals surface area contributed by atoms with E-state index in [4.69, 9.17) is 4.52 Å². The molecule has 0 aliphatic carbocycles. The van der Waals surface area contributed by atoms with E-state index in [1.54, 1.807) is 25.1 Å². The molecule has 2 heterocycles. The quantitative estimate of drug-likeness (QED) is 0.609. The van der Waals surface area contributed by atoms with Gasteiger partial charge in [0, 0.05) is 19.5 Å². The Kier molecular flexibility index (Phi) is 5.66. The van der Waals surface area contributed by atoms with Gasteiger partial charge >= 0.3 is 0 Å². The van der Waals surface area contributed by atoms with Gasteiger partial charge < -0.3 is 4.52 Å². The first kappa shape index (κ1) is 20.6. The van der Waals surface area contributed by atoms with E-state index in [9.17, 15) is 17.2 Å². The maximum absolute atomic E-state index is 13.9.